The second-order valence-corrected chi connectivity index (χ2v) is 5.67. The summed E-state index contributed by atoms with van der Waals surface area (Å²) in [5.74, 6) is 0.196. The average Bonchev–Trinajstić information content (AvgIpc) is 2.86. The molecule has 1 N–H and O–H groups in total. The molecule has 0 bridgehead atoms. The third-order valence-electron chi connectivity index (χ3n) is 4.19. The highest BCUT2D eigenvalue weighted by molar-refractivity contribution is 6.04. The number of anilines is 1. The van der Waals surface area contributed by atoms with E-state index in [0.717, 1.165) is 23.2 Å². The molecule has 102 valence electrons. The van der Waals surface area contributed by atoms with Crippen LogP contribution in [0.3, 0.4) is 0 Å². The number of fused-ring (bicyclic) bond motifs is 1. The number of nitrogens with one attached hydrogen (secondary N) is 1. The Morgan fingerprint density at radius 1 is 1.05 bits per heavy atom. The quantitative estimate of drug-likeness (QED) is 0.836. The van der Waals surface area contributed by atoms with Gasteiger partial charge in [0.2, 0.25) is 0 Å². The molecule has 0 spiro atoms. The zero-order chi connectivity index (χ0) is 14.3. The molecule has 20 heavy (non-hydrogen) atoms. The van der Waals surface area contributed by atoms with Crippen LogP contribution in [-0.4, -0.2) is 11.8 Å². The van der Waals surface area contributed by atoms with E-state index in [9.17, 15) is 4.79 Å². The minimum Gasteiger partial charge on any atom is -0.374 e. The van der Waals surface area contributed by atoms with Gasteiger partial charge in [0.1, 0.15) is 0 Å². The first kappa shape index (κ1) is 12.9. The molecule has 2 heteroatoms. The van der Waals surface area contributed by atoms with Gasteiger partial charge in [0.15, 0.2) is 5.78 Å². The summed E-state index contributed by atoms with van der Waals surface area (Å²) in [5, 5.41) is 3.34. The van der Waals surface area contributed by atoms with Gasteiger partial charge in [0.05, 0.1) is 6.04 Å². The van der Waals surface area contributed by atoms with Crippen LogP contribution in [0.15, 0.2) is 36.4 Å². The van der Waals surface area contributed by atoms with Crippen molar-refractivity contribution >= 4 is 11.5 Å². The van der Waals surface area contributed by atoms with Gasteiger partial charge in [-0.05, 0) is 55.2 Å². The van der Waals surface area contributed by atoms with Crippen LogP contribution in [0.1, 0.15) is 32.6 Å². The normalized spacial score (nSPS) is 16.6. The number of benzene rings is 2. The van der Waals surface area contributed by atoms with E-state index in [2.05, 4.69) is 31.3 Å². The standard InChI is InChI=1S/C18H19NO/c1-11-8-13(3)15(9-12(11)2)18(20)17-10-14-6-4-5-7-16(14)19-17/h4-9,17,19H,10H2,1-3H3. The molecule has 2 aromatic rings. The first-order chi connectivity index (χ1) is 9.56. The third kappa shape index (κ3) is 2.11. The SMILES string of the molecule is Cc1cc(C)c(C(=O)C2Cc3ccccc3N2)cc1C. The van der Waals surface area contributed by atoms with Gasteiger partial charge < -0.3 is 5.32 Å². The Hall–Kier alpha value is -2.09. The van der Waals surface area contributed by atoms with E-state index in [1.165, 1.54) is 16.7 Å². The lowest BCUT2D eigenvalue weighted by molar-refractivity contribution is 0.0971. The van der Waals surface area contributed by atoms with Crippen molar-refractivity contribution in [2.24, 2.45) is 0 Å². The van der Waals surface area contributed by atoms with Crippen molar-refractivity contribution < 1.29 is 4.79 Å². The first-order valence-corrected chi connectivity index (χ1v) is 7.03. The molecule has 0 aromatic heterocycles. The molecule has 1 atom stereocenters. The fraction of sp³-hybridized carbons (Fsp3) is 0.278. The highest BCUT2D eigenvalue weighted by Gasteiger charge is 2.28. The molecule has 2 nitrogen and oxygen atoms in total. The van der Waals surface area contributed by atoms with E-state index in [-0.39, 0.29) is 11.8 Å². The highest BCUT2D eigenvalue weighted by atomic mass is 16.1. The van der Waals surface area contributed by atoms with Crippen molar-refractivity contribution in [3.05, 3.63) is 64.2 Å². The summed E-state index contributed by atoms with van der Waals surface area (Å²) < 4.78 is 0. The van der Waals surface area contributed by atoms with Crippen LogP contribution in [0.5, 0.6) is 0 Å². The molecule has 2 aromatic carbocycles. The second-order valence-electron chi connectivity index (χ2n) is 5.67. The number of aryl methyl sites for hydroxylation is 3. The Bertz CT molecular complexity index is 663. The largest absolute Gasteiger partial charge is 0.374 e. The number of Topliss-reactive ketones (excluding diaryl/α,β-unsaturated/α-hetero) is 1. The molecule has 0 saturated carbocycles. The maximum atomic E-state index is 12.7. The van der Waals surface area contributed by atoms with Gasteiger partial charge in [-0.3, -0.25) is 4.79 Å². The van der Waals surface area contributed by atoms with Crippen LogP contribution in [0.25, 0.3) is 0 Å². The van der Waals surface area contributed by atoms with Gasteiger partial charge in [0.25, 0.3) is 0 Å². The molecule has 0 radical (unpaired) electrons. The maximum absolute atomic E-state index is 12.7. The van der Waals surface area contributed by atoms with Crippen molar-refractivity contribution in [3.63, 3.8) is 0 Å². The highest BCUT2D eigenvalue weighted by Crippen LogP contribution is 2.28. The van der Waals surface area contributed by atoms with E-state index in [4.69, 9.17) is 0 Å². The fourth-order valence-corrected chi connectivity index (χ4v) is 2.87. The van der Waals surface area contributed by atoms with Crippen LogP contribution < -0.4 is 5.32 Å². The van der Waals surface area contributed by atoms with E-state index in [1.54, 1.807) is 0 Å². The van der Waals surface area contributed by atoms with E-state index in [0.29, 0.717) is 0 Å². The number of para-hydroxylation sites is 1. The van der Waals surface area contributed by atoms with Crippen LogP contribution in [0.4, 0.5) is 5.69 Å². The molecule has 1 heterocycles. The minimum atomic E-state index is -0.131. The molecule has 0 aliphatic carbocycles. The Balaban J connectivity index is 1.90. The summed E-state index contributed by atoms with van der Waals surface area (Å²) in [6.45, 7) is 6.16. The third-order valence-corrected chi connectivity index (χ3v) is 4.19. The van der Waals surface area contributed by atoms with Crippen LogP contribution in [0, 0.1) is 20.8 Å². The number of ketones is 1. The van der Waals surface area contributed by atoms with Crippen molar-refractivity contribution in [1.29, 1.82) is 0 Å². The molecule has 1 unspecified atom stereocenters. The lowest BCUT2D eigenvalue weighted by Gasteiger charge is -2.14. The number of carbonyl (C=O) groups is 1. The van der Waals surface area contributed by atoms with Crippen LogP contribution in [0.2, 0.25) is 0 Å². The maximum Gasteiger partial charge on any atom is 0.185 e. The average molecular weight is 265 g/mol. The van der Waals surface area contributed by atoms with Crippen LogP contribution >= 0.6 is 0 Å². The molecule has 3 rings (SSSR count). The van der Waals surface area contributed by atoms with Crippen molar-refractivity contribution in [1.82, 2.24) is 0 Å². The molecule has 1 aliphatic rings. The van der Waals surface area contributed by atoms with E-state index >= 15 is 0 Å². The van der Waals surface area contributed by atoms with Gasteiger partial charge in [-0.15, -0.1) is 0 Å². The monoisotopic (exact) mass is 265 g/mol. The summed E-state index contributed by atoms with van der Waals surface area (Å²) in [6.07, 6.45) is 0.779. The van der Waals surface area contributed by atoms with Gasteiger partial charge in [-0.2, -0.15) is 0 Å². The van der Waals surface area contributed by atoms with Crippen LogP contribution in [-0.2, 0) is 6.42 Å². The van der Waals surface area contributed by atoms with E-state index < -0.39 is 0 Å². The Morgan fingerprint density at radius 3 is 2.50 bits per heavy atom. The zero-order valence-electron chi connectivity index (χ0n) is 12.2. The summed E-state index contributed by atoms with van der Waals surface area (Å²) in [7, 11) is 0. The predicted octanol–water partition coefficient (Wildman–Crippen LogP) is 3.83. The summed E-state index contributed by atoms with van der Waals surface area (Å²) in [5.41, 5.74) is 6.64. The smallest absolute Gasteiger partial charge is 0.185 e. The van der Waals surface area contributed by atoms with Gasteiger partial charge in [-0.25, -0.2) is 0 Å². The fourth-order valence-electron chi connectivity index (χ4n) is 2.87. The van der Waals surface area contributed by atoms with Crippen molar-refractivity contribution in [2.45, 2.75) is 33.2 Å². The first-order valence-electron chi connectivity index (χ1n) is 7.03. The topological polar surface area (TPSA) is 29.1 Å². The van der Waals surface area contributed by atoms with E-state index in [1.807, 2.05) is 31.2 Å². The lowest BCUT2D eigenvalue weighted by atomic mass is 9.94. The number of hydrogen-bond donors (Lipinski definition) is 1. The minimum absolute atomic E-state index is 0.131. The lowest BCUT2D eigenvalue weighted by Crippen LogP contribution is -2.27. The van der Waals surface area contributed by atoms with Crippen molar-refractivity contribution in [3.8, 4) is 0 Å². The molecular weight excluding hydrogens is 246 g/mol. The number of carbonyl (C=O) groups excluding carboxylic acids is 1. The molecule has 0 fully saturated rings. The van der Waals surface area contributed by atoms with Gasteiger partial charge in [0, 0.05) is 17.7 Å². The summed E-state index contributed by atoms with van der Waals surface area (Å²) in [4.78, 5) is 12.7. The Kier molecular flexibility index (Phi) is 3.09. The van der Waals surface area contributed by atoms with Gasteiger partial charge in [-0.1, -0.05) is 24.3 Å². The summed E-state index contributed by atoms with van der Waals surface area (Å²) >= 11 is 0. The zero-order valence-corrected chi connectivity index (χ0v) is 12.2. The Labute approximate surface area is 119 Å². The summed E-state index contributed by atoms with van der Waals surface area (Å²) in [6, 6.07) is 12.1. The van der Waals surface area contributed by atoms with Crippen molar-refractivity contribution in [2.75, 3.05) is 5.32 Å². The second kappa shape index (κ2) is 4.78. The number of hydrogen-bond acceptors (Lipinski definition) is 2. The Morgan fingerprint density at radius 2 is 1.75 bits per heavy atom. The molecule has 1 aliphatic heterocycles. The number of rotatable bonds is 2. The molecule has 0 saturated heterocycles. The molecular formula is C18H19NO. The van der Waals surface area contributed by atoms with Gasteiger partial charge >= 0.3 is 0 Å². The predicted molar refractivity (Wildman–Crippen MR) is 82.5 cm³/mol. The molecule has 0 amide bonds.